The van der Waals surface area contributed by atoms with Gasteiger partial charge in [-0.3, -0.25) is 9.52 Å². The summed E-state index contributed by atoms with van der Waals surface area (Å²) in [7, 11) is -3.39. The van der Waals surface area contributed by atoms with E-state index in [2.05, 4.69) is 10.0 Å². The fourth-order valence-electron chi connectivity index (χ4n) is 2.22. The lowest BCUT2D eigenvalue weighted by Gasteiger charge is -2.10. The van der Waals surface area contributed by atoms with Crippen LogP contribution in [0.2, 0.25) is 5.02 Å². The van der Waals surface area contributed by atoms with Crippen LogP contribution in [0.15, 0.2) is 36.4 Å². The highest BCUT2D eigenvalue weighted by Crippen LogP contribution is 2.23. The Kier molecular flexibility index (Phi) is 4.97. The molecule has 2 aromatic carbocycles. The lowest BCUT2D eigenvalue weighted by molar-refractivity contribution is 0.102. The van der Waals surface area contributed by atoms with E-state index in [1.165, 1.54) is 18.2 Å². The van der Waals surface area contributed by atoms with E-state index < -0.39 is 10.0 Å². The van der Waals surface area contributed by atoms with Crippen LogP contribution < -0.4 is 10.0 Å². The summed E-state index contributed by atoms with van der Waals surface area (Å²) in [4.78, 5) is 12.3. The molecule has 0 aliphatic carbocycles. The molecule has 0 aromatic heterocycles. The van der Waals surface area contributed by atoms with Gasteiger partial charge in [0.2, 0.25) is 10.0 Å². The summed E-state index contributed by atoms with van der Waals surface area (Å²) in [5.41, 5.74) is 3.34. The van der Waals surface area contributed by atoms with Crippen molar-refractivity contribution in [3.63, 3.8) is 0 Å². The number of aryl methyl sites for hydroxylation is 2. The molecule has 2 rings (SSSR count). The second-order valence-electron chi connectivity index (χ2n) is 5.40. The van der Waals surface area contributed by atoms with Gasteiger partial charge in [0.25, 0.3) is 5.91 Å². The van der Waals surface area contributed by atoms with Crippen molar-refractivity contribution >= 4 is 38.9 Å². The summed E-state index contributed by atoms with van der Waals surface area (Å²) in [5.74, 6) is -0.356. The Morgan fingerprint density at radius 1 is 1.00 bits per heavy atom. The number of rotatable bonds is 4. The molecule has 5 nitrogen and oxygen atoms in total. The number of hydrogen-bond acceptors (Lipinski definition) is 3. The van der Waals surface area contributed by atoms with Crippen LogP contribution in [-0.4, -0.2) is 20.6 Å². The molecule has 23 heavy (non-hydrogen) atoms. The Morgan fingerprint density at radius 3 is 2.13 bits per heavy atom. The Morgan fingerprint density at radius 2 is 1.61 bits per heavy atom. The van der Waals surface area contributed by atoms with Crippen molar-refractivity contribution in [2.45, 2.75) is 13.8 Å². The molecule has 0 atom stereocenters. The molecular weight excluding hydrogens is 336 g/mol. The smallest absolute Gasteiger partial charge is 0.257 e. The van der Waals surface area contributed by atoms with E-state index in [4.69, 9.17) is 11.6 Å². The van der Waals surface area contributed by atoms with E-state index in [0.29, 0.717) is 11.4 Å². The van der Waals surface area contributed by atoms with Crippen molar-refractivity contribution in [2.24, 2.45) is 0 Å². The number of hydrogen-bond donors (Lipinski definition) is 2. The molecule has 122 valence electrons. The first-order chi connectivity index (χ1) is 10.6. The van der Waals surface area contributed by atoms with Gasteiger partial charge < -0.3 is 5.32 Å². The molecule has 0 heterocycles. The fourth-order valence-corrected chi connectivity index (χ4v) is 3.04. The molecule has 0 unspecified atom stereocenters. The summed E-state index contributed by atoms with van der Waals surface area (Å²) in [6.07, 6.45) is 1.04. The van der Waals surface area contributed by atoms with Crippen LogP contribution >= 0.6 is 11.6 Å². The minimum absolute atomic E-state index is 0.167. The maximum absolute atomic E-state index is 12.3. The Bertz CT molecular complexity index is 843. The third-order valence-corrected chi connectivity index (χ3v) is 3.92. The van der Waals surface area contributed by atoms with Gasteiger partial charge in [-0.1, -0.05) is 17.7 Å². The van der Waals surface area contributed by atoms with Gasteiger partial charge >= 0.3 is 0 Å². The first kappa shape index (κ1) is 17.3. The van der Waals surface area contributed by atoms with Gasteiger partial charge in [-0.2, -0.15) is 0 Å². The molecule has 0 aliphatic rings. The molecule has 0 aliphatic heterocycles. The van der Waals surface area contributed by atoms with Crippen LogP contribution in [-0.2, 0) is 10.0 Å². The Hall–Kier alpha value is -2.05. The lowest BCUT2D eigenvalue weighted by Crippen LogP contribution is -2.14. The van der Waals surface area contributed by atoms with Gasteiger partial charge in [0.15, 0.2) is 0 Å². The number of sulfonamides is 1. The quantitative estimate of drug-likeness (QED) is 0.883. The van der Waals surface area contributed by atoms with Gasteiger partial charge in [0.05, 0.1) is 16.8 Å². The van der Waals surface area contributed by atoms with Crippen LogP contribution in [0.4, 0.5) is 11.4 Å². The minimum Gasteiger partial charge on any atom is -0.322 e. The van der Waals surface area contributed by atoms with E-state index in [0.717, 1.165) is 17.4 Å². The molecular formula is C16H17ClN2O3S. The second kappa shape index (κ2) is 6.60. The third kappa shape index (κ3) is 4.97. The number of carbonyl (C=O) groups is 1. The van der Waals surface area contributed by atoms with Crippen LogP contribution in [0, 0.1) is 13.8 Å². The highest BCUT2D eigenvalue weighted by atomic mass is 35.5. The summed E-state index contributed by atoms with van der Waals surface area (Å²) in [5, 5.41) is 2.95. The summed E-state index contributed by atoms with van der Waals surface area (Å²) in [6.45, 7) is 3.89. The van der Waals surface area contributed by atoms with E-state index >= 15 is 0 Å². The molecule has 2 N–H and O–H groups in total. The zero-order valence-corrected chi connectivity index (χ0v) is 14.5. The predicted octanol–water partition coefficient (Wildman–Crippen LogP) is 3.58. The topological polar surface area (TPSA) is 75.3 Å². The molecule has 7 heteroatoms. The zero-order valence-electron chi connectivity index (χ0n) is 13.0. The predicted molar refractivity (Wildman–Crippen MR) is 93.8 cm³/mol. The molecule has 0 saturated carbocycles. The lowest BCUT2D eigenvalue weighted by atomic mass is 10.1. The number of carbonyl (C=O) groups excluding carboxylic acids is 1. The van der Waals surface area contributed by atoms with E-state index in [9.17, 15) is 13.2 Å². The Balaban J connectivity index is 2.22. The van der Waals surface area contributed by atoms with Gasteiger partial charge in [0.1, 0.15) is 0 Å². The molecule has 1 amide bonds. The van der Waals surface area contributed by atoms with Crippen molar-refractivity contribution in [3.05, 3.63) is 58.1 Å². The van der Waals surface area contributed by atoms with E-state index in [1.54, 1.807) is 0 Å². The third-order valence-electron chi connectivity index (χ3n) is 3.00. The first-order valence-corrected chi connectivity index (χ1v) is 9.08. The van der Waals surface area contributed by atoms with Crippen LogP contribution in [0.25, 0.3) is 0 Å². The van der Waals surface area contributed by atoms with Gasteiger partial charge in [-0.25, -0.2) is 8.42 Å². The van der Waals surface area contributed by atoms with E-state index in [-0.39, 0.29) is 16.5 Å². The number of amides is 1. The molecule has 0 bridgehead atoms. The average Bonchev–Trinajstić information content (AvgIpc) is 2.34. The normalized spacial score (nSPS) is 11.1. The fraction of sp³-hybridized carbons (Fsp3) is 0.188. The molecule has 0 spiro atoms. The van der Waals surface area contributed by atoms with E-state index in [1.807, 2.05) is 32.0 Å². The summed E-state index contributed by atoms with van der Waals surface area (Å²) in [6, 6.07) is 10.1. The highest BCUT2D eigenvalue weighted by molar-refractivity contribution is 7.92. The molecule has 0 saturated heterocycles. The number of anilines is 2. The van der Waals surface area contributed by atoms with Gasteiger partial charge in [-0.15, -0.1) is 0 Å². The zero-order chi connectivity index (χ0) is 17.2. The number of benzene rings is 2. The molecule has 0 radical (unpaired) electrons. The first-order valence-electron chi connectivity index (χ1n) is 6.81. The van der Waals surface area contributed by atoms with Crippen molar-refractivity contribution in [3.8, 4) is 0 Å². The number of halogens is 1. The van der Waals surface area contributed by atoms with Gasteiger partial charge in [-0.05, 0) is 55.3 Å². The average molecular weight is 353 g/mol. The molecule has 0 fully saturated rings. The van der Waals surface area contributed by atoms with Crippen LogP contribution in [0.5, 0.6) is 0 Å². The number of nitrogens with one attached hydrogen (secondary N) is 2. The highest BCUT2D eigenvalue weighted by Gasteiger charge is 2.13. The van der Waals surface area contributed by atoms with Crippen LogP contribution in [0.3, 0.4) is 0 Å². The van der Waals surface area contributed by atoms with Crippen molar-refractivity contribution in [2.75, 3.05) is 16.3 Å². The Labute approximate surface area is 140 Å². The van der Waals surface area contributed by atoms with Crippen LogP contribution in [0.1, 0.15) is 21.5 Å². The van der Waals surface area contributed by atoms with Crippen molar-refractivity contribution < 1.29 is 13.2 Å². The largest absolute Gasteiger partial charge is 0.322 e. The second-order valence-corrected chi connectivity index (χ2v) is 7.56. The SMILES string of the molecule is Cc1cc(C)cc(NC(=O)c2ccc(NS(C)(=O)=O)cc2Cl)c1. The maximum Gasteiger partial charge on any atom is 0.257 e. The van der Waals surface area contributed by atoms with Gasteiger partial charge in [0, 0.05) is 11.4 Å². The van der Waals surface area contributed by atoms with Crippen molar-refractivity contribution in [1.82, 2.24) is 0 Å². The minimum atomic E-state index is -3.39. The summed E-state index contributed by atoms with van der Waals surface area (Å²) < 4.78 is 24.7. The monoisotopic (exact) mass is 352 g/mol. The standard InChI is InChI=1S/C16H17ClN2O3S/c1-10-6-11(2)8-13(7-10)18-16(20)14-5-4-12(9-15(14)17)19-23(3,21)22/h4-9,19H,1-3H3,(H,18,20). The maximum atomic E-state index is 12.3. The molecule has 2 aromatic rings. The van der Waals surface area contributed by atoms with Crippen molar-refractivity contribution in [1.29, 1.82) is 0 Å². The summed E-state index contributed by atoms with van der Waals surface area (Å²) >= 11 is 6.09.